The third-order valence-electron chi connectivity index (χ3n) is 5.65. The Morgan fingerprint density at radius 2 is 2.00 bits per heavy atom. The number of ketones is 1. The number of Topliss-reactive ketones (excluding diaryl/α,β-unsaturated/α-hetero) is 1. The number of esters is 1. The van der Waals surface area contributed by atoms with Crippen LogP contribution in [0.5, 0.6) is 0 Å². The van der Waals surface area contributed by atoms with Gasteiger partial charge in [0.1, 0.15) is 6.04 Å². The minimum Gasteiger partial charge on any atom is -1.00 e. The van der Waals surface area contributed by atoms with Gasteiger partial charge in [-0.15, -0.1) is 0 Å². The molecular formula is C14H24ClNO3. The number of carbonyl (C=O) groups is 2. The van der Waals surface area contributed by atoms with Crippen molar-refractivity contribution in [2.45, 2.75) is 52.6 Å². The number of quaternary nitrogens is 1. The van der Waals surface area contributed by atoms with Gasteiger partial charge >= 0.3 is 5.97 Å². The van der Waals surface area contributed by atoms with Crippen molar-refractivity contribution in [3.8, 4) is 0 Å². The molecule has 2 saturated carbocycles. The van der Waals surface area contributed by atoms with Crippen LogP contribution in [0.2, 0.25) is 0 Å². The maximum atomic E-state index is 12.6. The molecule has 4 atom stereocenters. The third-order valence-corrected chi connectivity index (χ3v) is 5.65. The van der Waals surface area contributed by atoms with Crippen LogP contribution in [0.4, 0.5) is 0 Å². The summed E-state index contributed by atoms with van der Waals surface area (Å²) in [4.78, 5) is 24.1. The number of nitrogens with two attached hydrogens (primary N) is 1. The van der Waals surface area contributed by atoms with Crippen LogP contribution in [-0.4, -0.2) is 30.9 Å². The minimum atomic E-state index is -0.303. The second-order valence-electron chi connectivity index (χ2n) is 6.59. The molecule has 0 radical (unpaired) electrons. The number of hydrogen-bond donors (Lipinski definition) is 1. The van der Waals surface area contributed by atoms with E-state index in [0.29, 0.717) is 11.7 Å². The van der Waals surface area contributed by atoms with Gasteiger partial charge in [-0.1, -0.05) is 20.8 Å². The Kier molecular flexibility index (Phi) is 4.38. The van der Waals surface area contributed by atoms with E-state index in [2.05, 4.69) is 20.8 Å². The number of fused-ring (bicyclic) bond motifs is 2. The van der Waals surface area contributed by atoms with Crippen molar-refractivity contribution < 1.29 is 32.0 Å². The smallest absolute Gasteiger partial charge is 0.364 e. The fraction of sp³-hybridized carbons (Fsp3) is 0.857. The summed E-state index contributed by atoms with van der Waals surface area (Å²) in [5.74, 6) is 0.440. The minimum absolute atomic E-state index is 0. The molecule has 2 aliphatic rings. The standard InChI is InChI=1S/C14H23NO3.ClH/c1-8(12(17)18-5)15-10-9-6-7-14(4,11(10)16)13(9,2)3;/h8-10,15H,6-7H2,1-5H3;1H. The highest BCUT2D eigenvalue weighted by molar-refractivity contribution is 5.93. The van der Waals surface area contributed by atoms with Crippen molar-refractivity contribution in [2.75, 3.05) is 7.11 Å². The van der Waals surface area contributed by atoms with E-state index in [0.717, 1.165) is 12.8 Å². The van der Waals surface area contributed by atoms with Crippen LogP contribution in [0.15, 0.2) is 0 Å². The Morgan fingerprint density at radius 1 is 1.42 bits per heavy atom. The lowest BCUT2D eigenvalue weighted by Gasteiger charge is -2.31. The third kappa shape index (κ3) is 2.09. The Balaban J connectivity index is 0.00000180. The zero-order valence-corrected chi connectivity index (χ0v) is 13.1. The molecule has 4 unspecified atom stereocenters. The lowest BCUT2D eigenvalue weighted by Crippen LogP contribution is -3.00. The lowest BCUT2D eigenvalue weighted by molar-refractivity contribution is -0.701. The van der Waals surface area contributed by atoms with E-state index in [1.165, 1.54) is 7.11 Å². The molecule has 2 rings (SSSR count). The van der Waals surface area contributed by atoms with Crippen LogP contribution in [0.1, 0.15) is 40.5 Å². The van der Waals surface area contributed by atoms with Gasteiger partial charge in [-0.3, -0.25) is 4.79 Å². The summed E-state index contributed by atoms with van der Waals surface area (Å²) in [5, 5.41) is 1.91. The van der Waals surface area contributed by atoms with Crippen molar-refractivity contribution in [3.63, 3.8) is 0 Å². The average Bonchev–Trinajstić information content (AvgIpc) is 2.62. The first-order valence-electron chi connectivity index (χ1n) is 6.73. The number of rotatable bonds is 3. The molecular weight excluding hydrogens is 266 g/mol. The molecule has 110 valence electrons. The number of hydrogen-bond acceptors (Lipinski definition) is 3. The molecule has 0 aliphatic heterocycles. The highest BCUT2D eigenvalue weighted by atomic mass is 35.5. The quantitative estimate of drug-likeness (QED) is 0.585. The molecule has 0 aromatic rings. The molecule has 2 fully saturated rings. The van der Waals surface area contributed by atoms with Gasteiger partial charge in [0, 0.05) is 11.3 Å². The molecule has 19 heavy (non-hydrogen) atoms. The molecule has 0 spiro atoms. The van der Waals surface area contributed by atoms with Crippen molar-refractivity contribution >= 4 is 11.8 Å². The summed E-state index contributed by atoms with van der Waals surface area (Å²) in [6.07, 6.45) is 2.07. The first-order chi connectivity index (χ1) is 8.25. The zero-order valence-electron chi connectivity index (χ0n) is 12.3. The van der Waals surface area contributed by atoms with Crippen LogP contribution in [-0.2, 0) is 14.3 Å². The van der Waals surface area contributed by atoms with Gasteiger partial charge in [-0.05, 0) is 25.2 Å². The summed E-state index contributed by atoms with van der Waals surface area (Å²) in [6, 6.07) is -0.379. The van der Waals surface area contributed by atoms with Crippen molar-refractivity contribution in [2.24, 2.45) is 16.7 Å². The van der Waals surface area contributed by atoms with E-state index in [1.807, 2.05) is 5.32 Å². The summed E-state index contributed by atoms with van der Waals surface area (Å²) in [7, 11) is 1.39. The van der Waals surface area contributed by atoms with Gasteiger partial charge < -0.3 is 22.5 Å². The van der Waals surface area contributed by atoms with Gasteiger partial charge in [0.25, 0.3) is 0 Å². The highest BCUT2D eigenvalue weighted by Gasteiger charge is 2.68. The first kappa shape index (κ1) is 16.4. The molecule has 0 saturated heterocycles. The monoisotopic (exact) mass is 289 g/mol. The molecule has 0 heterocycles. The molecule has 2 aliphatic carbocycles. The van der Waals surface area contributed by atoms with Gasteiger partial charge in [-0.25, -0.2) is 4.79 Å². The van der Waals surface area contributed by atoms with E-state index in [4.69, 9.17) is 4.74 Å². The number of carbonyl (C=O) groups excluding carboxylic acids is 2. The largest absolute Gasteiger partial charge is 1.00 e. The maximum absolute atomic E-state index is 12.6. The highest BCUT2D eigenvalue weighted by Crippen LogP contribution is 2.62. The zero-order chi connectivity index (χ0) is 13.7. The van der Waals surface area contributed by atoms with E-state index in [-0.39, 0.29) is 41.3 Å². The number of methoxy groups -OCH3 is 1. The van der Waals surface area contributed by atoms with Gasteiger partial charge in [0.15, 0.2) is 11.8 Å². The molecule has 4 nitrogen and oxygen atoms in total. The normalized spacial score (nSPS) is 36.8. The maximum Gasteiger partial charge on any atom is 0.364 e. The van der Waals surface area contributed by atoms with Gasteiger partial charge in [-0.2, -0.15) is 0 Å². The fourth-order valence-corrected chi connectivity index (χ4v) is 3.95. The first-order valence-corrected chi connectivity index (χ1v) is 6.73. The molecule has 0 amide bonds. The molecule has 2 N–H and O–H groups in total. The second kappa shape index (κ2) is 5.06. The molecule has 0 aromatic carbocycles. The van der Waals surface area contributed by atoms with Crippen LogP contribution in [0, 0.1) is 16.7 Å². The predicted octanol–water partition coefficient (Wildman–Crippen LogP) is -2.49. The lowest BCUT2D eigenvalue weighted by atomic mass is 9.70. The van der Waals surface area contributed by atoms with E-state index in [9.17, 15) is 9.59 Å². The molecule has 5 heteroatoms. The topological polar surface area (TPSA) is 60.0 Å². The Labute approximate surface area is 121 Å². The molecule has 0 aromatic heterocycles. The van der Waals surface area contributed by atoms with Crippen LogP contribution in [0.3, 0.4) is 0 Å². The molecule has 2 bridgehead atoms. The van der Waals surface area contributed by atoms with E-state index < -0.39 is 0 Å². The Hall–Kier alpha value is -0.610. The van der Waals surface area contributed by atoms with Gasteiger partial charge in [0.05, 0.1) is 7.11 Å². The predicted molar refractivity (Wildman–Crippen MR) is 66.8 cm³/mol. The average molecular weight is 290 g/mol. The Bertz CT molecular complexity index is 396. The van der Waals surface area contributed by atoms with E-state index in [1.54, 1.807) is 6.92 Å². The SMILES string of the molecule is COC(=O)C(C)[NH2+]C1C(=O)C2(C)CCC1C2(C)C.[Cl-]. The van der Waals surface area contributed by atoms with Crippen molar-refractivity contribution in [3.05, 3.63) is 0 Å². The van der Waals surface area contributed by atoms with Crippen LogP contribution >= 0.6 is 0 Å². The van der Waals surface area contributed by atoms with Crippen molar-refractivity contribution in [1.82, 2.24) is 0 Å². The second-order valence-corrected chi connectivity index (χ2v) is 6.59. The van der Waals surface area contributed by atoms with Crippen LogP contribution < -0.4 is 17.7 Å². The van der Waals surface area contributed by atoms with Gasteiger partial charge in [0.2, 0.25) is 0 Å². The summed E-state index contributed by atoms with van der Waals surface area (Å²) in [5.41, 5.74) is -0.171. The summed E-state index contributed by atoms with van der Waals surface area (Å²) >= 11 is 0. The number of ether oxygens (including phenoxy) is 1. The summed E-state index contributed by atoms with van der Waals surface area (Å²) < 4.78 is 4.73. The Morgan fingerprint density at radius 3 is 2.42 bits per heavy atom. The van der Waals surface area contributed by atoms with Crippen molar-refractivity contribution in [1.29, 1.82) is 0 Å². The van der Waals surface area contributed by atoms with Crippen LogP contribution in [0.25, 0.3) is 0 Å². The summed E-state index contributed by atoms with van der Waals surface area (Å²) in [6.45, 7) is 8.28. The number of halogens is 1. The fourth-order valence-electron chi connectivity index (χ4n) is 3.95. The van der Waals surface area contributed by atoms with E-state index >= 15 is 0 Å².